The van der Waals surface area contributed by atoms with Crippen LogP contribution in [0.4, 0.5) is 0 Å². The van der Waals surface area contributed by atoms with Gasteiger partial charge in [-0.2, -0.15) is 0 Å². The van der Waals surface area contributed by atoms with Crippen LogP contribution in [0.25, 0.3) is 0 Å². The minimum Gasteiger partial charge on any atom is -0.313 e. The molecule has 0 aromatic heterocycles. The van der Waals surface area contributed by atoms with Gasteiger partial charge in [-0.15, -0.1) is 0 Å². The summed E-state index contributed by atoms with van der Waals surface area (Å²) in [6, 6.07) is 6.49. The molecule has 19 heavy (non-hydrogen) atoms. The molecule has 1 N–H and O–H groups in total. The Morgan fingerprint density at radius 1 is 1.32 bits per heavy atom. The maximum atomic E-state index is 6.30. The van der Waals surface area contributed by atoms with Crippen molar-refractivity contribution in [3.63, 3.8) is 0 Å². The topological polar surface area (TPSA) is 12.0 Å². The van der Waals surface area contributed by atoms with Crippen LogP contribution in [0.1, 0.15) is 39.2 Å². The van der Waals surface area contributed by atoms with Crippen LogP contribution in [-0.4, -0.2) is 12.6 Å². The van der Waals surface area contributed by atoms with Crippen LogP contribution in [0.2, 0.25) is 10.0 Å². The van der Waals surface area contributed by atoms with Gasteiger partial charge in [-0.05, 0) is 54.4 Å². The molecule has 106 valence electrons. The van der Waals surface area contributed by atoms with Crippen LogP contribution in [0, 0.1) is 11.3 Å². The van der Waals surface area contributed by atoms with Gasteiger partial charge >= 0.3 is 0 Å². The largest absolute Gasteiger partial charge is 0.313 e. The standard InChI is InChI=1S/C16H23Cl2N/c1-11(2)16(3,10-19-14-5-6-14)9-12-8-13(17)4-7-15(12)18/h4,7-8,11,14,19H,5-6,9-10H2,1-3H3. The molecule has 1 aliphatic carbocycles. The van der Waals surface area contributed by atoms with Crippen molar-refractivity contribution < 1.29 is 0 Å². The summed E-state index contributed by atoms with van der Waals surface area (Å²) in [7, 11) is 0. The summed E-state index contributed by atoms with van der Waals surface area (Å²) < 4.78 is 0. The highest BCUT2D eigenvalue weighted by molar-refractivity contribution is 6.33. The normalized spacial score (nSPS) is 18.6. The average molecular weight is 300 g/mol. The zero-order valence-corrected chi connectivity index (χ0v) is 13.5. The zero-order valence-electron chi connectivity index (χ0n) is 12.0. The van der Waals surface area contributed by atoms with Crippen molar-refractivity contribution in [3.05, 3.63) is 33.8 Å². The molecule has 1 nitrogen and oxygen atoms in total. The molecule has 3 heteroatoms. The SMILES string of the molecule is CC(C)C(C)(CNC1CC1)Cc1cc(Cl)ccc1Cl. The van der Waals surface area contributed by atoms with Crippen molar-refractivity contribution in [1.82, 2.24) is 5.32 Å². The van der Waals surface area contributed by atoms with Gasteiger partial charge in [0.15, 0.2) is 0 Å². The molecule has 1 unspecified atom stereocenters. The predicted octanol–water partition coefficient (Wildman–Crippen LogP) is 4.95. The Hall–Kier alpha value is -0.240. The molecule has 1 aliphatic rings. The van der Waals surface area contributed by atoms with E-state index in [1.807, 2.05) is 18.2 Å². The second kappa shape index (κ2) is 6.03. The predicted molar refractivity (Wildman–Crippen MR) is 84.1 cm³/mol. The van der Waals surface area contributed by atoms with Gasteiger partial charge in [0.05, 0.1) is 0 Å². The van der Waals surface area contributed by atoms with E-state index in [-0.39, 0.29) is 5.41 Å². The zero-order chi connectivity index (χ0) is 14.0. The molecule has 0 saturated heterocycles. The molecule has 0 spiro atoms. The molecule has 1 aromatic rings. The number of benzene rings is 1. The molecule has 2 rings (SSSR count). The van der Waals surface area contributed by atoms with E-state index in [1.165, 1.54) is 12.8 Å². The summed E-state index contributed by atoms with van der Waals surface area (Å²) in [5, 5.41) is 5.24. The van der Waals surface area contributed by atoms with E-state index in [4.69, 9.17) is 23.2 Å². The first-order valence-electron chi connectivity index (χ1n) is 7.08. The first-order valence-corrected chi connectivity index (χ1v) is 7.83. The van der Waals surface area contributed by atoms with Gasteiger partial charge in [0.2, 0.25) is 0 Å². The van der Waals surface area contributed by atoms with Crippen LogP contribution in [0.15, 0.2) is 18.2 Å². The molecule has 1 aromatic carbocycles. The Balaban J connectivity index is 2.11. The van der Waals surface area contributed by atoms with Crippen molar-refractivity contribution in [3.8, 4) is 0 Å². The Bertz CT molecular complexity index is 440. The number of rotatable bonds is 6. The highest BCUT2D eigenvalue weighted by atomic mass is 35.5. The van der Waals surface area contributed by atoms with Gasteiger partial charge in [0, 0.05) is 22.6 Å². The fourth-order valence-corrected chi connectivity index (χ4v) is 2.63. The lowest BCUT2D eigenvalue weighted by Crippen LogP contribution is -2.38. The van der Waals surface area contributed by atoms with Gasteiger partial charge in [0.1, 0.15) is 0 Å². The number of halogens is 2. The third kappa shape index (κ3) is 4.11. The molecular formula is C16H23Cl2N. The van der Waals surface area contributed by atoms with E-state index >= 15 is 0 Å². The molecule has 0 amide bonds. The highest BCUT2D eigenvalue weighted by Crippen LogP contribution is 2.35. The highest BCUT2D eigenvalue weighted by Gasteiger charge is 2.32. The van der Waals surface area contributed by atoms with Gasteiger partial charge in [0.25, 0.3) is 0 Å². The van der Waals surface area contributed by atoms with Crippen molar-refractivity contribution in [2.45, 2.75) is 46.1 Å². The maximum Gasteiger partial charge on any atom is 0.0439 e. The second-order valence-electron chi connectivity index (χ2n) is 6.38. The van der Waals surface area contributed by atoms with Crippen molar-refractivity contribution >= 4 is 23.2 Å². The summed E-state index contributed by atoms with van der Waals surface area (Å²) >= 11 is 12.4. The maximum absolute atomic E-state index is 6.30. The molecular weight excluding hydrogens is 277 g/mol. The first kappa shape index (κ1) is 15.2. The third-order valence-corrected chi connectivity index (χ3v) is 4.97. The van der Waals surface area contributed by atoms with E-state index in [0.717, 1.165) is 34.6 Å². The van der Waals surface area contributed by atoms with Crippen LogP contribution in [0.5, 0.6) is 0 Å². The molecule has 0 radical (unpaired) electrons. The molecule has 0 heterocycles. The molecule has 1 atom stereocenters. The van der Waals surface area contributed by atoms with Gasteiger partial charge in [-0.3, -0.25) is 0 Å². The van der Waals surface area contributed by atoms with Crippen LogP contribution >= 0.6 is 23.2 Å². The minimum absolute atomic E-state index is 0.205. The van der Waals surface area contributed by atoms with Gasteiger partial charge in [-0.1, -0.05) is 44.0 Å². The molecule has 0 bridgehead atoms. The van der Waals surface area contributed by atoms with E-state index in [0.29, 0.717) is 5.92 Å². The van der Waals surface area contributed by atoms with Gasteiger partial charge < -0.3 is 5.32 Å². The number of hydrogen-bond acceptors (Lipinski definition) is 1. The second-order valence-corrected chi connectivity index (χ2v) is 7.22. The lowest BCUT2D eigenvalue weighted by Gasteiger charge is -2.35. The fourth-order valence-electron chi connectivity index (χ4n) is 2.25. The summed E-state index contributed by atoms with van der Waals surface area (Å²) in [6.07, 6.45) is 3.61. The summed E-state index contributed by atoms with van der Waals surface area (Å²) in [5.41, 5.74) is 1.36. The summed E-state index contributed by atoms with van der Waals surface area (Å²) in [5.74, 6) is 0.591. The first-order chi connectivity index (χ1) is 8.90. The van der Waals surface area contributed by atoms with Crippen LogP contribution < -0.4 is 5.32 Å². The smallest absolute Gasteiger partial charge is 0.0439 e. The lowest BCUT2D eigenvalue weighted by molar-refractivity contribution is 0.206. The average Bonchev–Trinajstić information content (AvgIpc) is 3.15. The van der Waals surface area contributed by atoms with E-state index in [2.05, 4.69) is 26.1 Å². The number of hydrogen-bond donors (Lipinski definition) is 1. The fraction of sp³-hybridized carbons (Fsp3) is 0.625. The Kier molecular flexibility index (Phi) is 4.81. The van der Waals surface area contributed by atoms with Gasteiger partial charge in [-0.25, -0.2) is 0 Å². The van der Waals surface area contributed by atoms with E-state index in [1.54, 1.807) is 0 Å². The summed E-state index contributed by atoms with van der Waals surface area (Å²) in [6.45, 7) is 7.95. The van der Waals surface area contributed by atoms with Crippen LogP contribution in [0.3, 0.4) is 0 Å². The summed E-state index contributed by atoms with van der Waals surface area (Å²) in [4.78, 5) is 0. The van der Waals surface area contributed by atoms with Crippen LogP contribution in [-0.2, 0) is 6.42 Å². The van der Waals surface area contributed by atoms with E-state index in [9.17, 15) is 0 Å². The van der Waals surface area contributed by atoms with E-state index < -0.39 is 0 Å². The van der Waals surface area contributed by atoms with Crippen molar-refractivity contribution in [2.24, 2.45) is 11.3 Å². The quantitative estimate of drug-likeness (QED) is 0.783. The lowest BCUT2D eigenvalue weighted by atomic mass is 9.74. The third-order valence-electron chi connectivity index (χ3n) is 4.37. The minimum atomic E-state index is 0.205. The molecule has 1 fully saturated rings. The Labute approximate surface area is 126 Å². The monoisotopic (exact) mass is 299 g/mol. The number of nitrogens with one attached hydrogen (secondary N) is 1. The molecule has 1 saturated carbocycles. The Morgan fingerprint density at radius 3 is 2.58 bits per heavy atom. The Morgan fingerprint density at radius 2 is 2.00 bits per heavy atom. The van der Waals surface area contributed by atoms with Crippen molar-refractivity contribution in [1.29, 1.82) is 0 Å². The molecule has 0 aliphatic heterocycles. The van der Waals surface area contributed by atoms with Crippen molar-refractivity contribution in [2.75, 3.05) is 6.54 Å².